The summed E-state index contributed by atoms with van der Waals surface area (Å²) in [6, 6.07) is 7.62. The van der Waals surface area contributed by atoms with E-state index in [0.717, 1.165) is 24.3 Å². The zero-order valence-electron chi connectivity index (χ0n) is 15.0. The van der Waals surface area contributed by atoms with Crippen molar-refractivity contribution in [3.63, 3.8) is 0 Å². The minimum absolute atomic E-state index is 0.429. The molecule has 1 aromatic carbocycles. The number of methoxy groups -OCH3 is 1. The fourth-order valence-electron chi connectivity index (χ4n) is 2.77. The van der Waals surface area contributed by atoms with Gasteiger partial charge in [-0.05, 0) is 38.0 Å². The summed E-state index contributed by atoms with van der Waals surface area (Å²) in [5, 5.41) is 0. The second-order valence-electron chi connectivity index (χ2n) is 6.48. The molecule has 0 aromatic heterocycles. The van der Waals surface area contributed by atoms with E-state index in [1.54, 1.807) is 13.8 Å². The highest BCUT2D eigenvalue weighted by Crippen LogP contribution is 2.39. The number of rotatable bonds is 8. The van der Waals surface area contributed by atoms with Crippen LogP contribution in [0.3, 0.4) is 0 Å². The van der Waals surface area contributed by atoms with Crippen LogP contribution in [0, 0.1) is 0 Å². The zero-order chi connectivity index (χ0) is 17.6. The van der Waals surface area contributed by atoms with Crippen LogP contribution in [0.4, 0.5) is 0 Å². The van der Waals surface area contributed by atoms with Crippen LogP contribution in [0.15, 0.2) is 24.3 Å². The number of benzene rings is 1. The summed E-state index contributed by atoms with van der Waals surface area (Å²) < 4.78 is 22.1. The van der Waals surface area contributed by atoms with Gasteiger partial charge in [-0.1, -0.05) is 38.3 Å². The molecule has 0 aliphatic carbocycles. The predicted octanol–water partition coefficient (Wildman–Crippen LogP) is 4.01. The number of ether oxygens (including phenoxy) is 4. The van der Waals surface area contributed by atoms with Gasteiger partial charge in [-0.15, -0.1) is 0 Å². The molecule has 1 aliphatic heterocycles. The van der Waals surface area contributed by atoms with Gasteiger partial charge >= 0.3 is 5.97 Å². The van der Waals surface area contributed by atoms with Gasteiger partial charge in [-0.2, -0.15) is 0 Å². The molecule has 0 saturated carbocycles. The van der Waals surface area contributed by atoms with Crippen molar-refractivity contribution in [3.05, 3.63) is 29.8 Å². The van der Waals surface area contributed by atoms with Gasteiger partial charge in [-0.25, -0.2) is 4.79 Å². The number of unbranched alkanes of at least 4 members (excludes halogenated alkanes) is 3. The lowest BCUT2D eigenvalue weighted by Crippen LogP contribution is -2.28. The Labute approximate surface area is 144 Å². The van der Waals surface area contributed by atoms with Crippen molar-refractivity contribution in [2.24, 2.45) is 0 Å². The van der Waals surface area contributed by atoms with E-state index in [2.05, 4.69) is 6.92 Å². The number of carbonyl (C=O) groups is 1. The maximum Gasteiger partial charge on any atom is 0.338 e. The van der Waals surface area contributed by atoms with Gasteiger partial charge in [0.05, 0.1) is 13.7 Å². The van der Waals surface area contributed by atoms with Crippen LogP contribution in [0.5, 0.6) is 5.75 Å². The minimum Gasteiger partial charge on any atom is -0.494 e. The van der Waals surface area contributed by atoms with Crippen LogP contribution in [-0.2, 0) is 19.0 Å². The molecule has 2 atom stereocenters. The molecule has 134 valence electrons. The van der Waals surface area contributed by atoms with E-state index in [1.807, 2.05) is 24.3 Å². The van der Waals surface area contributed by atoms with Crippen LogP contribution in [0.2, 0.25) is 0 Å². The third-order valence-electron chi connectivity index (χ3n) is 4.01. The Morgan fingerprint density at radius 2 is 1.83 bits per heavy atom. The molecule has 24 heavy (non-hydrogen) atoms. The van der Waals surface area contributed by atoms with Crippen LogP contribution in [-0.4, -0.2) is 31.6 Å². The molecule has 0 radical (unpaired) electrons. The smallest absolute Gasteiger partial charge is 0.338 e. The van der Waals surface area contributed by atoms with Gasteiger partial charge in [0, 0.05) is 0 Å². The Morgan fingerprint density at radius 1 is 1.12 bits per heavy atom. The van der Waals surface area contributed by atoms with Crippen molar-refractivity contribution in [2.75, 3.05) is 13.7 Å². The van der Waals surface area contributed by atoms with Crippen molar-refractivity contribution in [3.8, 4) is 5.75 Å². The SMILES string of the molecule is CCCCCCOc1ccc(C2OC(C)(C)OC2C(=O)OC)cc1. The zero-order valence-corrected chi connectivity index (χ0v) is 15.0. The Balaban J connectivity index is 1.97. The van der Waals surface area contributed by atoms with E-state index < -0.39 is 24.0 Å². The van der Waals surface area contributed by atoms with Crippen LogP contribution >= 0.6 is 0 Å². The van der Waals surface area contributed by atoms with Gasteiger partial charge in [0.1, 0.15) is 11.9 Å². The number of carbonyl (C=O) groups excluding carboxylic acids is 1. The standard InChI is InChI=1S/C19H28O5/c1-5-6-7-8-13-22-15-11-9-14(10-12-15)16-17(18(20)21-4)24-19(2,3)23-16/h9-12,16-17H,5-8,13H2,1-4H3. The Hall–Kier alpha value is -1.59. The molecule has 1 fully saturated rings. The van der Waals surface area contributed by atoms with Crippen LogP contribution in [0.25, 0.3) is 0 Å². The molecular weight excluding hydrogens is 308 g/mol. The molecule has 1 aromatic rings. The lowest BCUT2D eigenvalue weighted by Gasteiger charge is -2.17. The molecule has 1 saturated heterocycles. The molecule has 0 bridgehead atoms. The quantitative estimate of drug-likeness (QED) is 0.530. The molecule has 2 rings (SSSR count). The Kier molecular flexibility index (Phi) is 6.63. The van der Waals surface area contributed by atoms with Gasteiger partial charge in [-0.3, -0.25) is 0 Å². The van der Waals surface area contributed by atoms with E-state index in [9.17, 15) is 4.79 Å². The van der Waals surface area contributed by atoms with E-state index in [4.69, 9.17) is 18.9 Å². The first-order valence-corrected chi connectivity index (χ1v) is 8.63. The highest BCUT2D eigenvalue weighted by molar-refractivity contribution is 5.76. The average Bonchev–Trinajstić information content (AvgIpc) is 2.90. The maximum absolute atomic E-state index is 11.9. The summed E-state index contributed by atoms with van der Waals surface area (Å²) in [6.07, 6.45) is 3.48. The molecule has 5 nitrogen and oxygen atoms in total. The summed E-state index contributed by atoms with van der Waals surface area (Å²) in [4.78, 5) is 11.9. The van der Waals surface area contributed by atoms with Crippen molar-refractivity contribution < 1.29 is 23.7 Å². The Morgan fingerprint density at radius 3 is 2.46 bits per heavy atom. The number of hydrogen-bond acceptors (Lipinski definition) is 5. The second-order valence-corrected chi connectivity index (χ2v) is 6.48. The first-order chi connectivity index (χ1) is 11.5. The monoisotopic (exact) mass is 336 g/mol. The summed E-state index contributed by atoms with van der Waals surface area (Å²) in [6.45, 7) is 6.49. The van der Waals surface area contributed by atoms with Crippen molar-refractivity contribution in [1.29, 1.82) is 0 Å². The van der Waals surface area contributed by atoms with E-state index in [0.29, 0.717) is 0 Å². The minimum atomic E-state index is -0.821. The normalized spacial score (nSPS) is 22.3. The summed E-state index contributed by atoms with van der Waals surface area (Å²) in [5.74, 6) is -0.428. The lowest BCUT2D eigenvalue weighted by molar-refractivity contribution is -0.168. The molecule has 0 spiro atoms. The van der Waals surface area contributed by atoms with Crippen LogP contribution in [0.1, 0.15) is 58.1 Å². The average molecular weight is 336 g/mol. The van der Waals surface area contributed by atoms with E-state index in [-0.39, 0.29) is 0 Å². The first kappa shape index (κ1) is 18.7. The van der Waals surface area contributed by atoms with Gasteiger partial charge in [0.15, 0.2) is 11.9 Å². The molecular formula is C19H28O5. The highest BCUT2D eigenvalue weighted by atomic mass is 16.8. The topological polar surface area (TPSA) is 54.0 Å². The van der Waals surface area contributed by atoms with E-state index >= 15 is 0 Å². The van der Waals surface area contributed by atoms with Gasteiger partial charge in [0.2, 0.25) is 0 Å². The largest absolute Gasteiger partial charge is 0.494 e. The first-order valence-electron chi connectivity index (χ1n) is 8.63. The fourth-order valence-corrected chi connectivity index (χ4v) is 2.77. The van der Waals surface area contributed by atoms with Crippen molar-refractivity contribution >= 4 is 5.97 Å². The van der Waals surface area contributed by atoms with Crippen LogP contribution < -0.4 is 4.74 Å². The number of hydrogen-bond donors (Lipinski definition) is 0. The maximum atomic E-state index is 11.9. The third kappa shape index (κ3) is 4.95. The third-order valence-corrected chi connectivity index (χ3v) is 4.01. The summed E-state index contributed by atoms with van der Waals surface area (Å²) in [7, 11) is 1.35. The summed E-state index contributed by atoms with van der Waals surface area (Å²) >= 11 is 0. The molecule has 2 unspecified atom stereocenters. The second kappa shape index (κ2) is 8.49. The molecule has 1 aliphatic rings. The molecule has 0 amide bonds. The van der Waals surface area contributed by atoms with Gasteiger partial charge in [0.25, 0.3) is 0 Å². The van der Waals surface area contributed by atoms with E-state index in [1.165, 1.54) is 26.4 Å². The van der Waals surface area contributed by atoms with Crippen molar-refractivity contribution in [2.45, 2.75) is 64.4 Å². The molecule has 0 N–H and O–H groups in total. The summed E-state index contributed by atoms with van der Waals surface area (Å²) in [5.41, 5.74) is 0.870. The lowest BCUT2D eigenvalue weighted by atomic mass is 10.0. The van der Waals surface area contributed by atoms with Crippen molar-refractivity contribution in [1.82, 2.24) is 0 Å². The molecule has 1 heterocycles. The van der Waals surface area contributed by atoms with Gasteiger partial charge < -0.3 is 18.9 Å². The highest BCUT2D eigenvalue weighted by Gasteiger charge is 2.46. The predicted molar refractivity (Wildman–Crippen MR) is 90.9 cm³/mol. The molecule has 5 heteroatoms. The number of esters is 1. The Bertz CT molecular complexity index is 523. The fraction of sp³-hybridized carbons (Fsp3) is 0.632.